The Morgan fingerprint density at radius 3 is 1.63 bits per heavy atom. The highest BCUT2D eigenvalue weighted by Gasteiger charge is 2.16. The Morgan fingerprint density at radius 2 is 0.939 bits per heavy atom. The second kappa shape index (κ2) is 12.2. The van der Waals surface area contributed by atoms with Gasteiger partial charge in [0.2, 0.25) is 0 Å². The van der Waals surface area contributed by atoms with E-state index in [0.29, 0.717) is 11.1 Å². The van der Waals surface area contributed by atoms with Crippen LogP contribution in [0, 0.1) is 0 Å². The first-order chi connectivity index (χ1) is 30.5. The molecule has 9 rings (SSSR count). The highest BCUT2D eigenvalue weighted by Crippen LogP contribution is 2.39. The van der Waals surface area contributed by atoms with E-state index in [2.05, 4.69) is 9.97 Å². The predicted octanol–water partition coefficient (Wildman–Crippen LogP) is 11.8. The highest BCUT2D eigenvalue weighted by atomic mass is 16.3. The number of nitrogens with zero attached hydrogens (tertiary/aromatic N) is 3. The Kier molecular flexibility index (Phi) is 4.21. The summed E-state index contributed by atoms with van der Waals surface area (Å²) in [5.41, 5.74) is -0.230. The minimum atomic E-state index is -0.762. The second-order valence-electron chi connectivity index (χ2n) is 10.9. The quantitative estimate of drug-likeness (QED) is 0.181. The van der Waals surface area contributed by atoms with Gasteiger partial charge in [0.15, 0.2) is 17.5 Å². The van der Waals surface area contributed by atoms with Gasteiger partial charge in [-0.15, -0.1) is 0 Å². The van der Waals surface area contributed by atoms with Crippen LogP contribution in [0.2, 0.25) is 0 Å². The molecule has 49 heavy (non-hydrogen) atoms. The first-order valence-corrected chi connectivity index (χ1v) is 15.1. The molecular formula is C45H29N3O. The van der Waals surface area contributed by atoms with Crippen molar-refractivity contribution in [1.82, 2.24) is 15.0 Å². The van der Waals surface area contributed by atoms with E-state index in [1.807, 2.05) is 60.7 Å². The van der Waals surface area contributed by atoms with Crippen LogP contribution in [0.1, 0.15) is 20.6 Å². The molecule has 4 nitrogen and oxygen atoms in total. The van der Waals surface area contributed by atoms with Crippen molar-refractivity contribution in [1.29, 1.82) is 0 Å². The number of fused-ring (bicyclic) bond motifs is 3. The maximum Gasteiger partial charge on any atom is 0.164 e. The molecule has 7 aromatic carbocycles. The van der Waals surface area contributed by atoms with Gasteiger partial charge in [0, 0.05) is 27.5 Å². The van der Waals surface area contributed by atoms with E-state index >= 15 is 0 Å². The van der Waals surface area contributed by atoms with E-state index in [0.717, 1.165) is 11.1 Å². The van der Waals surface area contributed by atoms with Crippen LogP contribution in [0.5, 0.6) is 0 Å². The molecule has 0 aliphatic carbocycles. The topological polar surface area (TPSA) is 51.8 Å². The van der Waals surface area contributed by atoms with E-state index in [1.165, 1.54) is 0 Å². The van der Waals surface area contributed by atoms with Crippen LogP contribution < -0.4 is 0 Å². The third kappa shape index (κ3) is 5.45. The molecule has 2 heterocycles. The fourth-order valence-corrected chi connectivity index (χ4v) is 5.46. The summed E-state index contributed by atoms with van der Waals surface area (Å²) in [5, 5.41) is -0.672. The van der Waals surface area contributed by atoms with Crippen molar-refractivity contribution in [3.63, 3.8) is 0 Å². The van der Waals surface area contributed by atoms with Crippen LogP contribution in [0.4, 0.5) is 0 Å². The number of rotatable bonds is 6. The monoisotopic (exact) mass is 642 g/mol. The first kappa shape index (κ1) is 17.0. The smallest absolute Gasteiger partial charge is 0.164 e. The molecule has 0 aliphatic heterocycles. The number of hydrogen-bond acceptors (Lipinski definition) is 4. The molecule has 0 fully saturated rings. The summed E-state index contributed by atoms with van der Waals surface area (Å²) in [5.74, 6) is 0.165. The Morgan fingerprint density at radius 1 is 0.388 bits per heavy atom. The summed E-state index contributed by atoms with van der Waals surface area (Å²) < 4.78 is 138. The van der Waals surface area contributed by atoms with Gasteiger partial charge in [-0.1, -0.05) is 157 Å². The van der Waals surface area contributed by atoms with Crippen molar-refractivity contribution in [3.8, 4) is 67.5 Å². The molecule has 9 aromatic rings. The van der Waals surface area contributed by atoms with Gasteiger partial charge >= 0.3 is 0 Å². The summed E-state index contributed by atoms with van der Waals surface area (Å²) in [6, 6.07) is 15.4. The maximum absolute atomic E-state index is 9.35. The van der Waals surface area contributed by atoms with E-state index in [1.54, 1.807) is 24.3 Å². The van der Waals surface area contributed by atoms with Gasteiger partial charge in [0.1, 0.15) is 11.2 Å². The molecule has 0 aliphatic rings. The summed E-state index contributed by atoms with van der Waals surface area (Å²) in [7, 11) is 0. The van der Waals surface area contributed by atoms with Crippen LogP contribution in [0.3, 0.4) is 0 Å². The fourth-order valence-electron chi connectivity index (χ4n) is 5.46. The molecule has 0 amide bonds. The molecule has 230 valence electrons. The van der Waals surface area contributed by atoms with Crippen LogP contribution in [-0.4, -0.2) is 15.0 Å². The lowest BCUT2D eigenvalue weighted by molar-refractivity contribution is 0.669. The SMILES string of the molecule is [2H]c1c([2H])c([2H])c(-c2c([2H])c([2H])c3c(oc4c([2H])c([2H])c([2H])c(-c5c([2H])c([2H])c(-c6nc(-c7ccccc7)nc(-c7ccc(-c8ccccc8)cc7)n6)c([2H])c5[2H])c43)c2[2H])c([2H])c1[2H]. The first-order valence-electron chi connectivity index (χ1n) is 22.6. The number of hydrogen-bond donors (Lipinski definition) is 0. The minimum absolute atomic E-state index is 0.178. The Balaban J connectivity index is 1.29. The number of furan rings is 1. The van der Waals surface area contributed by atoms with Gasteiger partial charge in [-0.05, 0) is 51.5 Å². The average molecular weight is 643 g/mol. The molecular weight excluding hydrogens is 599 g/mol. The van der Waals surface area contributed by atoms with E-state index in [4.69, 9.17) is 24.5 Å². The van der Waals surface area contributed by atoms with Crippen LogP contribution in [0.15, 0.2) is 180 Å². The Labute approximate surface area is 305 Å². The standard InChI is InChI=1S/C45H29N3O/c1-4-11-30(12-5-1)32-19-23-35(24-20-32)44-46-43(34-15-8-3-9-16-34)47-45(48-44)36-25-21-33(22-26-36)38-17-10-18-40-42(38)39-28-27-37(29-41(39)49-40)31-13-6-2-7-14-31/h1-29H/i2D,6D,7D,10D,13D,14D,17D,18D,21D,22D,25D,26D,27D,28D,29D. The van der Waals surface area contributed by atoms with Crippen molar-refractivity contribution in [2.75, 3.05) is 0 Å². The van der Waals surface area contributed by atoms with Crippen molar-refractivity contribution < 1.29 is 25.0 Å². The lowest BCUT2D eigenvalue weighted by atomic mass is 9.97. The van der Waals surface area contributed by atoms with Crippen molar-refractivity contribution >= 4 is 21.9 Å². The molecule has 0 spiro atoms. The van der Waals surface area contributed by atoms with Crippen LogP contribution in [-0.2, 0) is 0 Å². The van der Waals surface area contributed by atoms with Gasteiger partial charge in [0.25, 0.3) is 0 Å². The summed E-state index contributed by atoms with van der Waals surface area (Å²) in [6.45, 7) is 0. The molecule has 2 aromatic heterocycles. The maximum atomic E-state index is 9.35. The Hall–Kier alpha value is -6.65. The minimum Gasteiger partial charge on any atom is -0.456 e. The van der Waals surface area contributed by atoms with Crippen molar-refractivity contribution in [3.05, 3.63) is 176 Å². The molecule has 0 N–H and O–H groups in total. The lowest BCUT2D eigenvalue weighted by Crippen LogP contribution is -2.00. The zero-order chi connectivity index (χ0) is 45.6. The Bertz CT molecular complexity index is 3380. The van der Waals surface area contributed by atoms with Gasteiger partial charge < -0.3 is 4.42 Å². The molecule has 0 saturated heterocycles. The number of benzene rings is 7. The molecule has 0 saturated carbocycles. The fraction of sp³-hybridized carbons (Fsp3) is 0. The van der Waals surface area contributed by atoms with Gasteiger partial charge in [-0.2, -0.15) is 0 Å². The zero-order valence-electron chi connectivity index (χ0n) is 40.3. The normalized spacial score (nSPS) is 15.6. The largest absolute Gasteiger partial charge is 0.456 e. The summed E-state index contributed by atoms with van der Waals surface area (Å²) in [6.07, 6.45) is 0. The van der Waals surface area contributed by atoms with Gasteiger partial charge in [-0.3, -0.25) is 0 Å². The van der Waals surface area contributed by atoms with E-state index in [9.17, 15) is 5.48 Å². The summed E-state index contributed by atoms with van der Waals surface area (Å²) >= 11 is 0. The molecule has 0 atom stereocenters. The average Bonchev–Trinajstić information content (AvgIpc) is 3.72. The molecule has 0 unspecified atom stereocenters. The highest BCUT2D eigenvalue weighted by molar-refractivity contribution is 6.13. The lowest BCUT2D eigenvalue weighted by Gasteiger charge is -2.10. The van der Waals surface area contributed by atoms with Crippen molar-refractivity contribution in [2.45, 2.75) is 0 Å². The third-order valence-corrected chi connectivity index (χ3v) is 7.84. The van der Waals surface area contributed by atoms with Gasteiger partial charge in [0.05, 0.1) is 20.6 Å². The van der Waals surface area contributed by atoms with Crippen LogP contribution in [0.25, 0.3) is 89.5 Å². The van der Waals surface area contributed by atoms with Crippen LogP contribution >= 0.6 is 0 Å². The predicted molar refractivity (Wildman–Crippen MR) is 200 cm³/mol. The third-order valence-electron chi connectivity index (χ3n) is 7.84. The van der Waals surface area contributed by atoms with Gasteiger partial charge in [-0.25, -0.2) is 15.0 Å². The second-order valence-corrected chi connectivity index (χ2v) is 10.9. The summed E-state index contributed by atoms with van der Waals surface area (Å²) in [4.78, 5) is 14.0. The number of aromatic nitrogens is 3. The molecule has 4 heteroatoms. The zero-order valence-corrected chi connectivity index (χ0v) is 25.3. The van der Waals surface area contributed by atoms with E-state index in [-0.39, 0.29) is 33.8 Å². The molecule has 0 radical (unpaired) electrons. The van der Waals surface area contributed by atoms with E-state index < -0.39 is 124 Å². The molecule has 0 bridgehead atoms. The van der Waals surface area contributed by atoms with Crippen molar-refractivity contribution in [2.24, 2.45) is 0 Å².